The molecule has 0 bridgehead atoms. The van der Waals surface area contributed by atoms with E-state index in [2.05, 4.69) is 33.0 Å². The molecule has 0 saturated carbocycles. The number of nitrogens with one attached hydrogen (secondary N) is 1. The van der Waals surface area contributed by atoms with Crippen LogP contribution in [0, 0.1) is 0 Å². The number of aromatic nitrogens is 4. The van der Waals surface area contributed by atoms with E-state index in [-0.39, 0.29) is 0 Å². The third-order valence-corrected chi connectivity index (χ3v) is 2.89. The highest BCUT2D eigenvalue weighted by Crippen LogP contribution is 2.04. The van der Waals surface area contributed by atoms with E-state index in [0.29, 0.717) is 0 Å². The third kappa shape index (κ3) is 2.94. The van der Waals surface area contributed by atoms with Gasteiger partial charge in [-0.05, 0) is 12.6 Å². The number of hydrogen-bond acceptors (Lipinski definition) is 3. The van der Waals surface area contributed by atoms with Crippen molar-refractivity contribution in [2.24, 2.45) is 7.05 Å². The fourth-order valence-electron chi connectivity index (χ4n) is 1.83. The topological polar surface area (TPSA) is 47.7 Å². The van der Waals surface area contributed by atoms with Gasteiger partial charge in [-0.2, -0.15) is 5.10 Å². The number of nitrogens with zero attached hydrogens (tertiary/aromatic N) is 4. The summed E-state index contributed by atoms with van der Waals surface area (Å²) in [6, 6.07) is 2.06. The van der Waals surface area contributed by atoms with Crippen LogP contribution < -0.4 is 5.32 Å². The first-order chi connectivity index (χ1) is 8.31. The van der Waals surface area contributed by atoms with Crippen LogP contribution in [0.3, 0.4) is 0 Å². The molecule has 2 heterocycles. The van der Waals surface area contributed by atoms with Crippen LogP contribution >= 0.6 is 0 Å². The molecule has 0 radical (unpaired) electrons. The molecule has 0 aromatic carbocycles. The first-order valence-corrected chi connectivity index (χ1v) is 5.98. The summed E-state index contributed by atoms with van der Waals surface area (Å²) in [6.45, 7) is 4.91. The Labute approximate surface area is 101 Å². The Morgan fingerprint density at radius 3 is 2.94 bits per heavy atom. The summed E-state index contributed by atoms with van der Waals surface area (Å²) in [7, 11) is 1.97. The van der Waals surface area contributed by atoms with Gasteiger partial charge in [0.05, 0.1) is 12.0 Å². The van der Waals surface area contributed by atoms with Crippen molar-refractivity contribution in [2.45, 2.75) is 26.4 Å². The highest BCUT2D eigenvalue weighted by Gasteiger charge is 2.03. The van der Waals surface area contributed by atoms with Crippen LogP contribution in [-0.4, -0.2) is 25.9 Å². The van der Waals surface area contributed by atoms with Gasteiger partial charge in [-0.1, -0.05) is 6.92 Å². The van der Waals surface area contributed by atoms with Crippen LogP contribution in [0.4, 0.5) is 0 Å². The maximum Gasteiger partial charge on any atom is 0.0948 e. The second-order valence-electron chi connectivity index (χ2n) is 4.05. The third-order valence-electron chi connectivity index (χ3n) is 2.89. The number of imidazole rings is 1. The standard InChI is InChI=1S/C12H19N5/c1-3-13-8-12-9-14-10-17(12)7-5-11-4-6-15-16(11)2/h4,6,9-10,13H,3,5,7-8H2,1-2H3. The molecule has 0 saturated heterocycles. The van der Waals surface area contributed by atoms with Gasteiger partial charge in [0.25, 0.3) is 0 Å². The molecule has 5 heteroatoms. The van der Waals surface area contributed by atoms with Crippen molar-refractivity contribution in [3.8, 4) is 0 Å². The molecule has 0 amide bonds. The van der Waals surface area contributed by atoms with Gasteiger partial charge in [-0.25, -0.2) is 4.98 Å². The first kappa shape index (κ1) is 11.9. The van der Waals surface area contributed by atoms with Crippen LogP contribution in [0.5, 0.6) is 0 Å². The monoisotopic (exact) mass is 233 g/mol. The second kappa shape index (κ2) is 5.63. The molecule has 17 heavy (non-hydrogen) atoms. The Hall–Kier alpha value is -1.62. The molecule has 0 aliphatic carbocycles. The van der Waals surface area contributed by atoms with Crippen molar-refractivity contribution in [2.75, 3.05) is 6.54 Å². The van der Waals surface area contributed by atoms with E-state index in [1.807, 2.05) is 30.5 Å². The normalized spacial score (nSPS) is 10.9. The summed E-state index contributed by atoms with van der Waals surface area (Å²) in [6.07, 6.45) is 6.63. The minimum atomic E-state index is 0.877. The summed E-state index contributed by atoms with van der Waals surface area (Å²) < 4.78 is 4.11. The Bertz CT molecular complexity index is 457. The van der Waals surface area contributed by atoms with Crippen molar-refractivity contribution < 1.29 is 0 Å². The quantitative estimate of drug-likeness (QED) is 0.808. The van der Waals surface area contributed by atoms with E-state index in [0.717, 1.165) is 26.1 Å². The lowest BCUT2D eigenvalue weighted by Gasteiger charge is -2.08. The van der Waals surface area contributed by atoms with E-state index < -0.39 is 0 Å². The summed E-state index contributed by atoms with van der Waals surface area (Å²) in [5, 5.41) is 7.49. The molecular weight excluding hydrogens is 214 g/mol. The Morgan fingerprint density at radius 1 is 1.35 bits per heavy atom. The summed E-state index contributed by atoms with van der Waals surface area (Å²) in [5.74, 6) is 0. The molecule has 0 aliphatic heterocycles. The predicted octanol–water partition coefficient (Wildman–Crippen LogP) is 0.969. The fourth-order valence-corrected chi connectivity index (χ4v) is 1.83. The largest absolute Gasteiger partial charge is 0.333 e. The maximum absolute atomic E-state index is 4.20. The van der Waals surface area contributed by atoms with E-state index >= 15 is 0 Å². The molecule has 0 atom stereocenters. The molecule has 0 aliphatic rings. The van der Waals surface area contributed by atoms with E-state index in [9.17, 15) is 0 Å². The van der Waals surface area contributed by atoms with Gasteiger partial charge < -0.3 is 9.88 Å². The van der Waals surface area contributed by atoms with Gasteiger partial charge in [-0.15, -0.1) is 0 Å². The molecule has 2 aromatic heterocycles. The lowest BCUT2D eigenvalue weighted by Crippen LogP contribution is -2.16. The highest BCUT2D eigenvalue weighted by molar-refractivity contribution is 5.02. The lowest BCUT2D eigenvalue weighted by molar-refractivity contribution is 0.597. The van der Waals surface area contributed by atoms with Crippen molar-refractivity contribution in [1.82, 2.24) is 24.6 Å². The summed E-state index contributed by atoms with van der Waals surface area (Å²) in [4.78, 5) is 4.20. The number of rotatable bonds is 6. The van der Waals surface area contributed by atoms with Crippen LogP contribution in [0.2, 0.25) is 0 Å². The minimum absolute atomic E-state index is 0.877. The maximum atomic E-state index is 4.20. The van der Waals surface area contributed by atoms with E-state index in [1.165, 1.54) is 11.4 Å². The zero-order chi connectivity index (χ0) is 12.1. The Morgan fingerprint density at radius 2 is 2.24 bits per heavy atom. The SMILES string of the molecule is CCNCc1cncn1CCc1ccnn1C. The molecule has 5 nitrogen and oxygen atoms in total. The molecule has 0 unspecified atom stereocenters. The van der Waals surface area contributed by atoms with Crippen LogP contribution in [-0.2, 0) is 26.6 Å². The molecule has 1 N–H and O–H groups in total. The van der Waals surface area contributed by atoms with E-state index in [1.54, 1.807) is 0 Å². The van der Waals surface area contributed by atoms with Gasteiger partial charge >= 0.3 is 0 Å². The molecule has 2 rings (SSSR count). The molecule has 0 spiro atoms. The first-order valence-electron chi connectivity index (χ1n) is 5.98. The Kier molecular flexibility index (Phi) is 3.93. The molecule has 92 valence electrons. The zero-order valence-electron chi connectivity index (χ0n) is 10.4. The summed E-state index contributed by atoms with van der Waals surface area (Å²) in [5.41, 5.74) is 2.47. The van der Waals surface area contributed by atoms with Gasteiger partial charge in [0, 0.05) is 44.6 Å². The van der Waals surface area contributed by atoms with Gasteiger partial charge in [0.2, 0.25) is 0 Å². The summed E-state index contributed by atoms with van der Waals surface area (Å²) >= 11 is 0. The number of hydrogen-bond donors (Lipinski definition) is 1. The van der Waals surface area contributed by atoms with Crippen molar-refractivity contribution in [3.63, 3.8) is 0 Å². The van der Waals surface area contributed by atoms with Crippen LogP contribution in [0.1, 0.15) is 18.3 Å². The Balaban J connectivity index is 1.95. The average Bonchev–Trinajstić information content (AvgIpc) is 2.93. The lowest BCUT2D eigenvalue weighted by atomic mass is 10.3. The second-order valence-corrected chi connectivity index (χ2v) is 4.05. The highest BCUT2D eigenvalue weighted by atomic mass is 15.3. The van der Waals surface area contributed by atoms with Gasteiger partial charge in [0.15, 0.2) is 0 Å². The van der Waals surface area contributed by atoms with Crippen molar-refractivity contribution in [3.05, 3.63) is 36.2 Å². The minimum Gasteiger partial charge on any atom is -0.333 e. The van der Waals surface area contributed by atoms with E-state index in [4.69, 9.17) is 0 Å². The van der Waals surface area contributed by atoms with Crippen molar-refractivity contribution >= 4 is 0 Å². The smallest absolute Gasteiger partial charge is 0.0948 e. The molecule has 2 aromatic rings. The zero-order valence-corrected chi connectivity index (χ0v) is 10.4. The molecule has 0 fully saturated rings. The predicted molar refractivity (Wildman–Crippen MR) is 66.5 cm³/mol. The number of aryl methyl sites for hydroxylation is 3. The molecular formula is C12H19N5. The fraction of sp³-hybridized carbons (Fsp3) is 0.500. The van der Waals surface area contributed by atoms with Crippen LogP contribution in [0.15, 0.2) is 24.8 Å². The average molecular weight is 233 g/mol. The van der Waals surface area contributed by atoms with Gasteiger partial charge in [0.1, 0.15) is 0 Å². The van der Waals surface area contributed by atoms with Crippen molar-refractivity contribution in [1.29, 1.82) is 0 Å². The van der Waals surface area contributed by atoms with Crippen LogP contribution in [0.25, 0.3) is 0 Å². The van der Waals surface area contributed by atoms with Gasteiger partial charge in [-0.3, -0.25) is 4.68 Å².